The van der Waals surface area contributed by atoms with E-state index < -0.39 is 5.82 Å². The molecule has 3 aliphatic heterocycles. The van der Waals surface area contributed by atoms with E-state index >= 15 is 0 Å². The van der Waals surface area contributed by atoms with Crippen LogP contribution in [0.5, 0.6) is 0 Å². The van der Waals surface area contributed by atoms with Gasteiger partial charge in [0.05, 0.1) is 49.9 Å². The molecule has 0 aromatic carbocycles. The first-order valence-electron chi connectivity index (χ1n) is 9.23. The summed E-state index contributed by atoms with van der Waals surface area (Å²) in [4.78, 5) is 22.0. The van der Waals surface area contributed by atoms with E-state index in [0.717, 1.165) is 43.3 Å². The molecular formula is C18H21FN6O2. The highest BCUT2D eigenvalue weighted by Crippen LogP contribution is 2.40. The van der Waals surface area contributed by atoms with Crippen LogP contribution in [0, 0.1) is 5.82 Å². The fraction of sp³-hybridized carbons (Fsp3) is 0.556. The van der Waals surface area contributed by atoms with Gasteiger partial charge in [-0.3, -0.25) is 0 Å². The van der Waals surface area contributed by atoms with Crippen LogP contribution in [-0.2, 0) is 21.5 Å². The van der Waals surface area contributed by atoms with Gasteiger partial charge in [0.2, 0.25) is 11.9 Å². The molecule has 2 saturated heterocycles. The van der Waals surface area contributed by atoms with Crippen LogP contribution < -0.4 is 9.80 Å². The highest BCUT2D eigenvalue weighted by Gasteiger charge is 2.46. The van der Waals surface area contributed by atoms with Crippen molar-refractivity contribution in [2.24, 2.45) is 0 Å². The van der Waals surface area contributed by atoms with Gasteiger partial charge in [0.15, 0.2) is 5.82 Å². The summed E-state index contributed by atoms with van der Waals surface area (Å²) in [5, 5.41) is 0. The molecule has 2 aromatic rings. The number of fused-ring (bicyclic) bond motifs is 2. The topological polar surface area (TPSA) is 76.5 Å². The molecule has 8 nitrogen and oxygen atoms in total. The molecule has 5 rings (SSSR count). The Morgan fingerprint density at radius 1 is 0.926 bits per heavy atom. The van der Waals surface area contributed by atoms with Gasteiger partial charge in [-0.1, -0.05) is 0 Å². The molecule has 27 heavy (non-hydrogen) atoms. The van der Waals surface area contributed by atoms with E-state index in [1.165, 1.54) is 12.4 Å². The third-order valence-corrected chi connectivity index (χ3v) is 5.53. The van der Waals surface area contributed by atoms with Crippen LogP contribution in [0.15, 0.2) is 18.6 Å². The van der Waals surface area contributed by atoms with Gasteiger partial charge in [0.25, 0.3) is 0 Å². The highest BCUT2D eigenvalue weighted by atomic mass is 19.1. The summed E-state index contributed by atoms with van der Waals surface area (Å²) in [6.45, 7) is 5.63. The third-order valence-electron chi connectivity index (χ3n) is 5.53. The maximum absolute atomic E-state index is 13.1. The van der Waals surface area contributed by atoms with Gasteiger partial charge in [-0.05, 0) is 6.42 Å². The molecule has 2 aromatic heterocycles. The van der Waals surface area contributed by atoms with Gasteiger partial charge < -0.3 is 19.3 Å². The molecule has 142 valence electrons. The number of morpholine rings is 1. The molecule has 0 aliphatic carbocycles. The second-order valence-electron chi connectivity index (χ2n) is 7.29. The van der Waals surface area contributed by atoms with Crippen molar-refractivity contribution in [1.82, 2.24) is 19.9 Å². The molecule has 9 heteroatoms. The minimum Gasteiger partial charge on any atom is -0.378 e. The van der Waals surface area contributed by atoms with E-state index in [1.54, 1.807) is 0 Å². The zero-order valence-corrected chi connectivity index (χ0v) is 15.0. The molecule has 1 spiro atoms. The summed E-state index contributed by atoms with van der Waals surface area (Å²) in [5.74, 6) is 0.875. The van der Waals surface area contributed by atoms with E-state index in [2.05, 4.69) is 24.8 Å². The third kappa shape index (κ3) is 3.00. The first-order chi connectivity index (χ1) is 13.2. The SMILES string of the molecule is Fc1cnc(N2CC[C@@]3(COCc4cnc(N5CCOCC5)nc43)C2)nc1. The van der Waals surface area contributed by atoms with Crippen molar-refractivity contribution in [1.29, 1.82) is 0 Å². The first kappa shape index (κ1) is 16.8. The lowest BCUT2D eigenvalue weighted by Gasteiger charge is -2.35. The van der Waals surface area contributed by atoms with E-state index in [1.807, 2.05) is 6.20 Å². The van der Waals surface area contributed by atoms with E-state index in [0.29, 0.717) is 38.9 Å². The largest absolute Gasteiger partial charge is 0.378 e. The minimum absolute atomic E-state index is 0.213. The Bertz CT molecular complexity index is 829. The monoisotopic (exact) mass is 372 g/mol. The molecule has 0 unspecified atom stereocenters. The van der Waals surface area contributed by atoms with Gasteiger partial charge in [-0.25, -0.2) is 24.3 Å². The lowest BCUT2D eigenvalue weighted by molar-refractivity contribution is 0.0555. The van der Waals surface area contributed by atoms with Crippen molar-refractivity contribution in [2.75, 3.05) is 55.8 Å². The smallest absolute Gasteiger partial charge is 0.225 e. The Kier molecular flexibility index (Phi) is 4.13. The van der Waals surface area contributed by atoms with Gasteiger partial charge in [-0.2, -0.15) is 0 Å². The molecule has 5 heterocycles. The zero-order valence-electron chi connectivity index (χ0n) is 15.0. The van der Waals surface area contributed by atoms with Crippen LogP contribution in [0.4, 0.5) is 16.3 Å². The number of rotatable bonds is 2. The highest BCUT2D eigenvalue weighted by molar-refractivity contribution is 5.43. The maximum Gasteiger partial charge on any atom is 0.225 e. The van der Waals surface area contributed by atoms with Crippen molar-refractivity contribution < 1.29 is 13.9 Å². The summed E-state index contributed by atoms with van der Waals surface area (Å²) in [6, 6.07) is 0. The van der Waals surface area contributed by atoms with Gasteiger partial charge in [0, 0.05) is 37.9 Å². The van der Waals surface area contributed by atoms with Crippen LogP contribution in [0.2, 0.25) is 0 Å². The van der Waals surface area contributed by atoms with E-state index in [9.17, 15) is 4.39 Å². The maximum atomic E-state index is 13.1. The summed E-state index contributed by atoms with van der Waals surface area (Å²) < 4.78 is 24.5. The lowest BCUT2D eigenvalue weighted by Crippen LogP contribution is -2.42. The quantitative estimate of drug-likeness (QED) is 0.770. The molecule has 0 saturated carbocycles. The molecular weight excluding hydrogens is 351 g/mol. The minimum atomic E-state index is -0.429. The lowest BCUT2D eigenvalue weighted by atomic mass is 9.80. The number of hydrogen-bond acceptors (Lipinski definition) is 8. The number of aromatic nitrogens is 4. The van der Waals surface area contributed by atoms with Crippen molar-refractivity contribution in [3.8, 4) is 0 Å². The fourth-order valence-corrected chi connectivity index (χ4v) is 4.13. The molecule has 0 radical (unpaired) electrons. The Hall–Kier alpha value is -2.39. The summed E-state index contributed by atoms with van der Waals surface area (Å²) in [6.07, 6.45) is 5.19. The molecule has 0 bridgehead atoms. The van der Waals surface area contributed by atoms with Crippen LogP contribution in [0.3, 0.4) is 0 Å². The number of hydrogen-bond donors (Lipinski definition) is 0. The normalized spacial score (nSPS) is 25.1. The number of halogens is 1. The van der Waals surface area contributed by atoms with Gasteiger partial charge >= 0.3 is 0 Å². The van der Waals surface area contributed by atoms with Crippen molar-refractivity contribution >= 4 is 11.9 Å². The summed E-state index contributed by atoms with van der Waals surface area (Å²) >= 11 is 0. The van der Waals surface area contributed by atoms with Gasteiger partial charge in [-0.15, -0.1) is 0 Å². The predicted octanol–water partition coefficient (Wildman–Crippen LogP) is 0.921. The Morgan fingerprint density at radius 2 is 1.70 bits per heavy atom. The number of anilines is 2. The van der Waals surface area contributed by atoms with Crippen LogP contribution in [0.25, 0.3) is 0 Å². The molecule has 3 aliphatic rings. The van der Waals surface area contributed by atoms with Crippen LogP contribution in [-0.4, -0.2) is 65.9 Å². The zero-order chi connectivity index (χ0) is 18.3. The molecule has 0 N–H and O–H groups in total. The van der Waals surface area contributed by atoms with Crippen LogP contribution in [0.1, 0.15) is 17.7 Å². The average Bonchev–Trinajstić information content (AvgIpc) is 3.14. The van der Waals surface area contributed by atoms with E-state index in [4.69, 9.17) is 14.5 Å². The second kappa shape index (κ2) is 6.65. The molecule has 0 amide bonds. The number of ether oxygens (including phenoxy) is 2. The Morgan fingerprint density at radius 3 is 2.52 bits per heavy atom. The Labute approximate surface area is 156 Å². The molecule has 2 fully saturated rings. The average molecular weight is 372 g/mol. The van der Waals surface area contributed by atoms with Crippen molar-refractivity contribution in [3.63, 3.8) is 0 Å². The van der Waals surface area contributed by atoms with Crippen molar-refractivity contribution in [2.45, 2.75) is 18.4 Å². The Balaban J connectivity index is 1.45. The summed E-state index contributed by atoms with van der Waals surface area (Å²) in [7, 11) is 0. The number of nitrogens with zero attached hydrogens (tertiary/aromatic N) is 6. The van der Waals surface area contributed by atoms with Crippen molar-refractivity contribution in [3.05, 3.63) is 35.7 Å². The fourth-order valence-electron chi connectivity index (χ4n) is 4.13. The van der Waals surface area contributed by atoms with E-state index in [-0.39, 0.29) is 5.41 Å². The van der Waals surface area contributed by atoms with Gasteiger partial charge in [0.1, 0.15) is 0 Å². The standard InChI is InChI=1S/C18H21FN6O2/c19-14-8-21-16(22-9-14)25-2-1-18(11-25)12-27-10-13-7-20-17(23-15(13)18)24-3-5-26-6-4-24/h7-9H,1-6,10-12H2/t18-/m0/s1. The second-order valence-corrected chi connectivity index (χ2v) is 7.29. The summed E-state index contributed by atoms with van der Waals surface area (Å²) in [5.41, 5.74) is 1.89. The first-order valence-corrected chi connectivity index (χ1v) is 9.23. The van der Waals surface area contributed by atoms with Crippen LogP contribution >= 0.6 is 0 Å². The predicted molar refractivity (Wildman–Crippen MR) is 95.2 cm³/mol. The molecule has 1 atom stereocenters.